The SMILES string of the molecule is CCC(CC)C(Cl)CNC(=O)c1ccc(Br)c(O)c1. The fraction of sp³-hybridized carbons (Fsp3) is 0.500. The second-order valence-electron chi connectivity index (χ2n) is 4.47. The van der Waals surface area contributed by atoms with Gasteiger partial charge in [-0.3, -0.25) is 4.79 Å². The van der Waals surface area contributed by atoms with Crippen LogP contribution in [0.5, 0.6) is 5.75 Å². The maximum absolute atomic E-state index is 11.9. The zero-order valence-corrected chi connectivity index (χ0v) is 13.5. The number of phenols is 1. The van der Waals surface area contributed by atoms with E-state index in [1.165, 1.54) is 6.07 Å². The molecule has 1 rings (SSSR count). The third-order valence-electron chi connectivity index (χ3n) is 3.23. The quantitative estimate of drug-likeness (QED) is 0.765. The first-order valence-corrected chi connectivity index (χ1v) is 7.63. The number of benzene rings is 1. The number of hydrogen-bond acceptors (Lipinski definition) is 2. The molecule has 1 amide bonds. The number of phenolic OH excluding ortho intramolecular Hbond substituents is 1. The zero-order chi connectivity index (χ0) is 14.4. The van der Waals surface area contributed by atoms with Crippen molar-refractivity contribution in [1.82, 2.24) is 5.32 Å². The summed E-state index contributed by atoms with van der Waals surface area (Å²) in [5.41, 5.74) is 0.425. The molecule has 0 aliphatic rings. The molecule has 0 aliphatic heterocycles. The molecule has 2 N–H and O–H groups in total. The van der Waals surface area contributed by atoms with Crippen molar-refractivity contribution in [3.63, 3.8) is 0 Å². The average molecular weight is 349 g/mol. The van der Waals surface area contributed by atoms with Crippen molar-refractivity contribution >= 4 is 33.4 Å². The first-order chi connectivity index (χ1) is 8.99. The molecule has 5 heteroatoms. The Morgan fingerprint density at radius 2 is 2.05 bits per heavy atom. The van der Waals surface area contributed by atoms with E-state index in [2.05, 4.69) is 35.1 Å². The Morgan fingerprint density at radius 1 is 1.42 bits per heavy atom. The molecule has 0 saturated heterocycles. The van der Waals surface area contributed by atoms with Crippen molar-refractivity contribution in [2.45, 2.75) is 32.1 Å². The molecule has 1 unspecified atom stereocenters. The van der Waals surface area contributed by atoms with Gasteiger partial charge in [-0.25, -0.2) is 0 Å². The van der Waals surface area contributed by atoms with Crippen LogP contribution in [0, 0.1) is 5.92 Å². The van der Waals surface area contributed by atoms with E-state index >= 15 is 0 Å². The molecule has 0 heterocycles. The summed E-state index contributed by atoms with van der Waals surface area (Å²) in [6.45, 7) is 4.62. The monoisotopic (exact) mass is 347 g/mol. The lowest BCUT2D eigenvalue weighted by molar-refractivity contribution is 0.0951. The van der Waals surface area contributed by atoms with Crippen LogP contribution in [0.3, 0.4) is 0 Å². The predicted octanol–water partition coefficient (Wildman–Crippen LogP) is 3.93. The van der Waals surface area contributed by atoms with Crippen molar-refractivity contribution in [3.05, 3.63) is 28.2 Å². The van der Waals surface area contributed by atoms with Crippen LogP contribution < -0.4 is 5.32 Å². The summed E-state index contributed by atoms with van der Waals surface area (Å²) in [7, 11) is 0. The summed E-state index contributed by atoms with van der Waals surface area (Å²) in [5, 5.41) is 12.3. The Labute approximate surface area is 127 Å². The third kappa shape index (κ3) is 4.69. The van der Waals surface area contributed by atoms with E-state index in [9.17, 15) is 9.90 Å². The summed E-state index contributed by atoms with van der Waals surface area (Å²) in [6, 6.07) is 4.72. The molecule has 0 bridgehead atoms. The van der Waals surface area contributed by atoms with Crippen LogP contribution in [0.2, 0.25) is 0 Å². The minimum atomic E-state index is -0.223. The number of amides is 1. The fourth-order valence-electron chi connectivity index (χ4n) is 1.91. The van der Waals surface area contributed by atoms with Crippen molar-refractivity contribution in [1.29, 1.82) is 0 Å². The molecule has 0 spiro atoms. The number of halogens is 2. The van der Waals surface area contributed by atoms with Gasteiger partial charge in [0.25, 0.3) is 5.91 Å². The highest BCUT2D eigenvalue weighted by Gasteiger charge is 2.17. The standard InChI is InChI=1S/C14H19BrClNO2/c1-3-9(4-2)12(16)8-17-14(19)10-5-6-11(15)13(18)7-10/h5-7,9,12,18H,3-4,8H2,1-2H3,(H,17,19). The molecule has 0 saturated carbocycles. The van der Waals surface area contributed by atoms with Gasteiger partial charge in [0.1, 0.15) is 5.75 Å². The second-order valence-corrected chi connectivity index (χ2v) is 5.88. The van der Waals surface area contributed by atoms with Crippen LogP contribution in [-0.4, -0.2) is 22.9 Å². The average Bonchev–Trinajstić information content (AvgIpc) is 2.40. The summed E-state index contributed by atoms with van der Waals surface area (Å²) in [6.07, 6.45) is 2.00. The molecule has 0 fully saturated rings. The minimum absolute atomic E-state index is 0.0510. The molecule has 1 aromatic rings. The summed E-state index contributed by atoms with van der Waals surface area (Å²) in [4.78, 5) is 11.9. The molecule has 106 valence electrons. The number of carbonyl (C=O) groups excluding carboxylic acids is 1. The van der Waals surface area contributed by atoms with E-state index in [0.717, 1.165) is 12.8 Å². The third-order valence-corrected chi connectivity index (χ3v) is 4.41. The molecule has 0 aliphatic carbocycles. The van der Waals surface area contributed by atoms with Crippen LogP contribution in [0.4, 0.5) is 0 Å². The van der Waals surface area contributed by atoms with E-state index in [1.807, 2.05) is 0 Å². The van der Waals surface area contributed by atoms with Gasteiger partial charge in [-0.15, -0.1) is 11.6 Å². The van der Waals surface area contributed by atoms with Gasteiger partial charge in [-0.2, -0.15) is 0 Å². The van der Waals surface area contributed by atoms with E-state index in [0.29, 0.717) is 22.5 Å². The van der Waals surface area contributed by atoms with Crippen molar-refractivity contribution in [3.8, 4) is 5.75 Å². The van der Waals surface area contributed by atoms with Crippen molar-refractivity contribution in [2.75, 3.05) is 6.54 Å². The molecular weight excluding hydrogens is 330 g/mol. The smallest absolute Gasteiger partial charge is 0.251 e. The maximum atomic E-state index is 11.9. The minimum Gasteiger partial charge on any atom is -0.507 e. The van der Waals surface area contributed by atoms with Crippen molar-refractivity contribution < 1.29 is 9.90 Å². The highest BCUT2D eigenvalue weighted by Crippen LogP contribution is 2.24. The van der Waals surface area contributed by atoms with E-state index in [1.54, 1.807) is 12.1 Å². The topological polar surface area (TPSA) is 49.3 Å². The van der Waals surface area contributed by atoms with Crippen LogP contribution in [0.25, 0.3) is 0 Å². The zero-order valence-electron chi connectivity index (χ0n) is 11.1. The van der Waals surface area contributed by atoms with Crippen LogP contribution in [0.1, 0.15) is 37.0 Å². The number of nitrogens with one attached hydrogen (secondary N) is 1. The Bertz CT molecular complexity index is 435. The van der Waals surface area contributed by atoms with Crippen molar-refractivity contribution in [2.24, 2.45) is 5.92 Å². The Morgan fingerprint density at radius 3 is 2.58 bits per heavy atom. The molecule has 1 aromatic carbocycles. The number of aromatic hydroxyl groups is 1. The highest BCUT2D eigenvalue weighted by atomic mass is 79.9. The number of rotatable bonds is 6. The summed E-state index contributed by atoms with van der Waals surface area (Å²) >= 11 is 9.44. The van der Waals surface area contributed by atoms with Crippen LogP contribution >= 0.6 is 27.5 Å². The summed E-state index contributed by atoms with van der Waals surface area (Å²) in [5.74, 6) is 0.231. The van der Waals surface area contributed by atoms with Gasteiger partial charge in [0.2, 0.25) is 0 Å². The first kappa shape index (κ1) is 16.3. The van der Waals surface area contributed by atoms with Gasteiger partial charge in [0.05, 0.1) is 9.85 Å². The maximum Gasteiger partial charge on any atom is 0.251 e. The van der Waals surface area contributed by atoms with Crippen LogP contribution in [-0.2, 0) is 0 Å². The van der Waals surface area contributed by atoms with E-state index in [-0.39, 0.29) is 17.0 Å². The lowest BCUT2D eigenvalue weighted by atomic mass is 9.99. The molecular formula is C14H19BrClNO2. The number of hydrogen-bond donors (Lipinski definition) is 2. The van der Waals surface area contributed by atoms with Gasteiger partial charge in [0, 0.05) is 12.1 Å². The fourth-order valence-corrected chi connectivity index (χ4v) is 2.59. The van der Waals surface area contributed by atoms with Gasteiger partial charge < -0.3 is 10.4 Å². The van der Waals surface area contributed by atoms with Gasteiger partial charge in [0.15, 0.2) is 0 Å². The Kier molecular flexibility index (Phi) is 6.66. The lowest BCUT2D eigenvalue weighted by Gasteiger charge is -2.19. The van der Waals surface area contributed by atoms with Gasteiger partial charge >= 0.3 is 0 Å². The molecule has 0 radical (unpaired) electrons. The second kappa shape index (κ2) is 7.75. The first-order valence-electron chi connectivity index (χ1n) is 6.40. The Balaban J connectivity index is 2.58. The van der Waals surface area contributed by atoms with Crippen LogP contribution in [0.15, 0.2) is 22.7 Å². The largest absolute Gasteiger partial charge is 0.507 e. The van der Waals surface area contributed by atoms with E-state index in [4.69, 9.17) is 11.6 Å². The molecule has 19 heavy (non-hydrogen) atoms. The molecule has 1 atom stereocenters. The predicted molar refractivity (Wildman–Crippen MR) is 81.9 cm³/mol. The van der Waals surface area contributed by atoms with E-state index < -0.39 is 0 Å². The lowest BCUT2D eigenvalue weighted by Crippen LogP contribution is -2.33. The number of alkyl halides is 1. The van der Waals surface area contributed by atoms with Gasteiger partial charge in [-0.05, 0) is 40.0 Å². The summed E-state index contributed by atoms with van der Waals surface area (Å²) < 4.78 is 0.566. The number of carbonyl (C=O) groups is 1. The van der Waals surface area contributed by atoms with Gasteiger partial charge in [-0.1, -0.05) is 26.7 Å². The normalized spacial score (nSPS) is 12.5. The Hall–Kier alpha value is -0.740. The molecule has 0 aromatic heterocycles. The highest BCUT2D eigenvalue weighted by molar-refractivity contribution is 9.10. The molecule has 3 nitrogen and oxygen atoms in total.